The first-order chi connectivity index (χ1) is 11.6. The smallest absolute Gasteiger partial charge is 0.228 e. The number of oxazole rings is 1. The summed E-state index contributed by atoms with van der Waals surface area (Å²) in [4.78, 5) is 22.6. The number of rotatable bonds is 6. The molecule has 0 fully saturated rings. The van der Waals surface area contributed by atoms with Crippen LogP contribution >= 0.6 is 0 Å². The monoisotopic (exact) mass is 321 g/mol. The van der Waals surface area contributed by atoms with E-state index in [9.17, 15) is 4.79 Å². The molecule has 3 rings (SSSR count). The third-order valence-corrected chi connectivity index (χ3v) is 3.51. The van der Waals surface area contributed by atoms with Crippen LogP contribution in [-0.2, 0) is 11.2 Å². The number of benzene rings is 1. The minimum Gasteiger partial charge on any atom is -0.436 e. The maximum absolute atomic E-state index is 12.0. The molecule has 5 nitrogen and oxygen atoms in total. The Morgan fingerprint density at radius 2 is 2.17 bits per heavy atom. The van der Waals surface area contributed by atoms with E-state index in [0.717, 1.165) is 23.2 Å². The fraction of sp³-hybridized carbons (Fsp3) is 0.211. The molecule has 0 aliphatic carbocycles. The van der Waals surface area contributed by atoms with E-state index in [1.807, 2.05) is 55.4 Å². The molecule has 0 amide bonds. The number of nitrogens with zero attached hydrogens (tertiary/aromatic N) is 3. The second kappa shape index (κ2) is 7.19. The molecule has 3 aromatic rings. The molecule has 0 unspecified atom stereocenters. The van der Waals surface area contributed by atoms with Crippen LogP contribution in [0, 0.1) is 0 Å². The van der Waals surface area contributed by atoms with Gasteiger partial charge in [0.15, 0.2) is 11.4 Å². The van der Waals surface area contributed by atoms with Crippen LogP contribution in [0.5, 0.6) is 0 Å². The van der Waals surface area contributed by atoms with Gasteiger partial charge in [-0.25, -0.2) is 4.98 Å². The lowest BCUT2D eigenvalue weighted by atomic mass is 10.1. The highest BCUT2D eigenvalue weighted by atomic mass is 16.3. The van der Waals surface area contributed by atoms with Gasteiger partial charge in [-0.1, -0.05) is 12.1 Å². The van der Waals surface area contributed by atoms with Crippen molar-refractivity contribution >= 4 is 16.9 Å². The summed E-state index contributed by atoms with van der Waals surface area (Å²) in [6.07, 6.45) is 7.28. The van der Waals surface area contributed by atoms with Gasteiger partial charge >= 0.3 is 0 Å². The molecule has 0 radical (unpaired) electrons. The van der Waals surface area contributed by atoms with E-state index in [1.165, 1.54) is 0 Å². The molecule has 0 saturated heterocycles. The Kier molecular flexibility index (Phi) is 4.82. The molecule has 2 heterocycles. The van der Waals surface area contributed by atoms with Crippen molar-refractivity contribution < 1.29 is 9.21 Å². The standard InChI is InChI=1S/C19H19N3O2/c1-22(2)10-4-6-16(23)11-14-7-8-18-17(12-14)21-19(24-18)15-5-3-9-20-13-15/h3-9,12-13H,10-11H2,1-2H3/b6-4+. The average Bonchev–Trinajstić information content (AvgIpc) is 2.98. The summed E-state index contributed by atoms with van der Waals surface area (Å²) in [5.41, 5.74) is 3.20. The van der Waals surface area contributed by atoms with Gasteiger partial charge in [-0.15, -0.1) is 0 Å². The van der Waals surface area contributed by atoms with E-state index in [0.29, 0.717) is 17.9 Å². The summed E-state index contributed by atoms with van der Waals surface area (Å²) >= 11 is 0. The van der Waals surface area contributed by atoms with Crippen LogP contribution in [0.4, 0.5) is 0 Å². The predicted molar refractivity (Wildman–Crippen MR) is 93.6 cm³/mol. The van der Waals surface area contributed by atoms with E-state index in [1.54, 1.807) is 18.5 Å². The van der Waals surface area contributed by atoms with Crippen molar-refractivity contribution in [3.05, 3.63) is 60.4 Å². The highest BCUT2D eigenvalue weighted by Crippen LogP contribution is 2.24. The fourth-order valence-corrected chi connectivity index (χ4v) is 2.35. The number of hydrogen-bond donors (Lipinski definition) is 0. The Balaban J connectivity index is 1.77. The number of pyridine rings is 1. The van der Waals surface area contributed by atoms with Gasteiger partial charge in [0.05, 0.1) is 5.56 Å². The molecular formula is C19H19N3O2. The first kappa shape index (κ1) is 16.1. The minimum absolute atomic E-state index is 0.0761. The largest absolute Gasteiger partial charge is 0.436 e. The summed E-state index contributed by atoms with van der Waals surface area (Å²) in [7, 11) is 3.93. The normalized spacial score (nSPS) is 11.6. The van der Waals surface area contributed by atoms with Gasteiger partial charge in [-0.05, 0) is 50.0 Å². The van der Waals surface area contributed by atoms with Gasteiger partial charge in [0.1, 0.15) is 5.52 Å². The van der Waals surface area contributed by atoms with Crippen molar-refractivity contribution in [2.24, 2.45) is 0 Å². The predicted octanol–water partition coefficient (Wildman–Crippen LogP) is 3.12. The lowest BCUT2D eigenvalue weighted by Crippen LogP contribution is -2.11. The summed E-state index contributed by atoms with van der Waals surface area (Å²) < 4.78 is 5.75. The quantitative estimate of drug-likeness (QED) is 0.653. The Hall–Kier alpha value is -2.79. The van der Waals surface area contributed by atoms with E-state index in [4.69, 9.17) is 4.42 Å². The molecule has 0 aliphatic rings. The third kappa shape index (κ3) is 3.94. The van der Waals surface area contributed by atoms with Crippen LogP contribution in [0.1, 0.15) is 5.56 Å². The van der Waals surface area contributed by atoms with Gasteiger partial charge in [-0.3, -0.25) is 9.78 Å². The molecule has 0 bridgehead atoms. The van der Waals surface area contributed by atoms with E-state index in [-0.39, 0.29) is 5.78 Å². The van der Waals surface area contributed by atoms with Crippen LogP contribution in [0.2, 0.25) is 0 Å². The number of allylic oxidation sites excluding steroid dienone is 1. The lowest BCUT2D eigenvalue weighted by Gasteiger charge is -2.03. The number of hydrogen-bond acceptors (Lipinski definition) is 5. The van der Waals surface area contributed by atoms with Crippen LogP contribution in [0.25, 0.3) is 22.6 Å². The van der Waals surface area contributed by atoms with E-state index in [2.05, 4.69) is 9.97 Å². The van der Waals surface area contributed by atoms with Gasteiger partial charge in [0.25, 0.3) is 0 Å². The van der Waals surface area contributed by atoms with Crippen molar-refractivity contribution in [1.29, 1.82) is 0 Å². The van der Waals surface area contributed by atoms with Gasteiger partial charge in [0.2, 0.25) is 5.89 Å². The Morgan fingerprint density at radius 3 is 2.92 bits per heavy atom. The molecule has 1 aromatic carbocycles. The average molecular weight is 321 g/mol. The number of ketones is 1. The second-order valence-electron chi connectivity index (χ2n) is 5.87. The van der Waals surface area contributed by atoms with Gasteiger partial charge < -0.3 is 9.32 Å². The summed E-state index contributed by atoms with van der Waals surface area (Å²) in [5.74, 6) is 0.611. The fourth-order valence-electron chi connectivity index (χ4n) is 2.35. The molecule has 0 saturated carbocycles. The molecule has 0 atom stereocenters. The Morgan fingerprint density at radius 1 is 1.29 bits per heavy atom. The van der Waals surface area contributed by atoms with E-state index < -0.39 is 0 Å². The lowest BCUT2D eigenvalue weighted by molar-refractivity contribution is -0.114. The molecule has 0 spiro atoms. The van der Waals surface area contributed by atoms with Gasteiger partial charge in [0, 0.05) is 25.4 Å². The molecule has 122 valence electrons. The SMILES string of the molecule is CN(C)C/C=C/C(=O)Cc1ccc2oc(-c3cccnc3)nc2c1. The van der Waals surface area contributed by atoms with Gasteiger partial charge in [-0.2, -0.15) is 0 Å². The maximum Gasteiger partial charge on any atom is 0.228 e. The van der Waals surface area contributed by atoms with Crippen molar-refractivity contribution in [1.82, 2.24) is 14.9 Å². The number of aromatic nitrogens is 2. The summed E-state index contributed by atoms with van der Waals surface area (Å²) in [6, 6.07) is 9.40. The number of likely N-dealkylation sites (N-methyl/N-ethyl adjacent to an activating group) is 1. The van der Waals surface area contributed by atoms with Crippen LogP contribution in [-0.4, -0.2) is 41.3 Å². The zero-order chi connectivity index (χ0) is 16.9. The number of fused-ring (bicyclic) bond motifs is 1. The maximum atomic E-state index is 12.0. The van der Waals surface area contributed by atoms with E-state index >= 15 is 0 Å². The first-order valence-electron chi connectivity index (χ1n) is 7.76. The Bertz CT molecular complexity index is 867. The first-order valence-corrected chi connectivity index (χ1v) is 7.76. The van der Waals surface area contributed by atoms with Crippen LogP contribution in [0.3, 0.4) is 0 Å². The molecule has 0 aliphatic heterocycles. The number of carbonyl (C=O) groups excluding carboxylic acids is 1. The third-order valence-electron chi connectivity index (χ3n) is 3.51. The highest BCUT2D eigenvalue weighted by Gasteiger charge is 2.09. The zero-order valence-electron chi connectivity index (χ0n) is 13.8. The summed E-state index contributed by atoms with van der Waals surface area (Å²) in [6.45, 7) is 0.753. The molecule has 0 N–H and O–H groups in total. The molecule has 24 heavy (non-hydrogen) atoms. The molecule has 5 heteroatoms. The zero-order valence-corrected chi connectivity index (χ0v) is 13.8. The molecular weight excluding hydrogens is 302 g/mol. The van der Waals surface area contributed by atoms with Crippen molar-refractivity contribution in [3.63, 3.8) is 0 Å². The summed E-state index contributed by atoms with van der Waals surface area (Å²) in [5, 5.41) is 0. The van der Waals surface area contributed by atoms with Crippen LogP contribution in [0.15, 0.2) is 59.3 Å². The van der Waals surface area contributed by atoms with Crippen LogP contribution < -0.4 is 0 Å². The van der Waals surface area contributed by atoms with Crippen molar-refractivity contribution in [2.45, 2.75) is 6.42 Å². The van der Waals surface area contributed by atoms with Crippen molar-refractivity contribution in [3.8, 4) is 11.5 Å². The second-order valence-corrected chi connectivity index (χ2v) is 5.87. The highest BCUT2D eigenvalue weighted by molar-refractivity contribution is 5.92. The minimum atomic E-state index is 0.0761. The van der Waals surface area contributed by atoms with Crippen molar-refractivity contribution in [2.75, 3.05) is 20.6 Å². The number of carbonyl (C=O) groups is 1. The molecule has 2 aromatic heterocycles. The Labute approximate surface area is 140 Å². The topological polar surface area (TPSA) is 59.2 Å².